The van der Waals surface area contributed by atoms with Gasteiger partial charge in [-0.15, -0.1) is 0 Å². The third kappa shape index (κ3) is 5.23. The largest absolute Gasteiger partial charge is 0.444 e. The van der Waals surface area contributed by atoms with Crippen LogP contribution in [0.15, 0.2) is 38.8 Å². The highest BCUT2D eigenvalue weighted by molar-refractivity contribution is 6.30. The molecule has 0 unspecified atom stereocenters. The molecule has 0 radical (unpaired) electrons. The molecule has 11 heteroatoms. The Balaban J connectivity index is 1.59. The monoisotopic (exact) mass is 514 g/mol. The molecule has 1 aliphatic rings. The summed E-state index contributed by atoms with van der Waals surface area (Å²) in [7, 11) is 0. The highest BCUT2D eigenvalue weighted by atomic mass is 35.5. The van der Waals surface area contributed by atoms with Crippen molar-refractivity contribution < 1.29 is 14.1 Å². The predicted molar refractivity (Wildman–Crippen MR) is 137 cm³/mol. The molecule has 1 fully saturated rings. The number of carbonyl (C=O) groups excluding carboxylic acids is 1. The van der Waals surface area contributed by atoms with Crippen molar-refractivity contribution in [1.29, 1.82) is 0 Å². The van der Waals surface area contributed by atoms with E-state index in [9.17, 15) is 9.59 Å². The lowest BCUT2D eigenvalue weighted by Crippen LogP contribution is -2.41. The Kier molecular flexibility index (Phi) is 7.08. The fourth-order valence-corrected chi connectivity index (χ4v) is 4.31. The summed E-state index contributed by atoms with van der Waals surface area (Å²) >= 11 is 6.26. The van der Waals surface area contributed by atoms with Crippen LogP contribution in [-0.2, 0) is 4.74 Å². The molecule has 3 aromatic heterocycles. The number of ether oxygens (including phenoxy) is 1. The molecular weight excluding hydrogens is 484 g/mol. The Hall–Kier alpha value is -3.40. The molecule has 0 atom stereocenters. The van der Waals surface area contributed by atoms with Crippen molar-refractivity contribution in [2.75, 3.05) is 13.1 Å². The lowest BCUT2D eigenvalue weighted by atomic mass is 9.93. The zero-order chi connectivity index (χ0) is 26.2. The number of H-pyrrole nitrogens is 1. The SMILES string of the molecule is C=C(/C(C)=C(/Cl)CC)c1nc(-c2cnn3c(C4CCN(C(=O)OC(C)(C)C)CC4)cc(=O)[nH]c23)no1. The Morgan fingerprint density at radius 2 is 2.03 bits per heavy atom. The lowest BCUT2D eigenvalue weighted by molar-refractivity contribution is 0.0203. The van der Waals surface area contributed by atoms with E-state index in [1.54, 1.807) is 21.7 Å². The molecule has 1 amide bonds. The van der Waals surface area contributed by atoms with Gasteiger partial charge in [0.15, 0.2) is 0 Å². The van der Waals surface area contributed by atoms with Gasteiger partial charge in [0.1, 0.15) is 11.2 Å². The van der Waals surface area contributed by atoms with Crippen molar-refractivity contribution in [3.05, 3.63) is 51.4 Å². The quantitative estimate of drug-likeness (QED) is 0.469. The van der Waals surface area contributed by atoms with Gasteiger partial charge in [-0.05, 0) is 52.5 Å². The van der Waals surface area contributed by atoms with Crippen molar-refractivity contribution >= 4 is 28.9 Å². The molecule has 0 spiro atoms. The molecule has 10 nitrogen and oxygen atoms in total. The Bertz CT molecular complexity index is 1390. The van der Waals surface area contributed by atoms with E-state index in [2.05, 4.69) is 26.8 Å². The molecule has 0 aromatic carbocycles. The molecule has 3 aromatic rings. The fourth-order valence-electron chi connectivity index (χ4n) is 4.20. The second kappa shape index (κ2) is 9.93. The highest BCUT2D eigenvalue weighted by Crippen LogP contribution is 2.31. The van der Waals surface area contributed by atoms with Gasteiger partial charge in [-0.3, -0.25) is 4.79 Å². The van der Waals surface area contributed by atoms with Crippen LogP contribution in [0.25, 0.3) is 22.6 Å². The molecule has 36 heavy (non-hydrogen) atoms. The van der Waals surface area contributed by atoms with Gasteiger partial charge < -0.3 is 19.1 Å². The number of aromatic nitrogens is 5. The van der Waals surface area contributed by atoms with Gasteiger partial charge in [0.25, 0.3) is 11.4 Å². The Morgan fingerprint density at radius 3 is 2.67 bits per heavy atom. The van der Waals surface area contributed by atoms with E-state index < -0.39 is 5.60 Å². The average molecular weight is 515 g/mol. The number of hydrogen-bond donors (Lipinski definition) is 1. The van der Waals surface area contributed by atoms with Crippen LogP contribution in [0.4, 0.5) is 4.79 Å². The fraction of sp³-hybridized carbons (Fsp3) is 0.480. The number of nitrogens with one attached hydrogen (secondary N) is 1. The van der Waals surface area contributed by atoms with Crippen LogP contribution in [0, 0.1) is 0 Å². The van der Waals surface area contributed by atoms with Gasteiger partial charge in [-0.25, -0.2) is 9.31 Å². The number of nitrogens with zero attached hydrogens (tertiary/aromatic N) is 5. The summed E-state index contributed by atoms with van der Waals surface area (Å²) in [6.07, 6.45) is 3.32. The number of halogens is 1. The Labute approximate surface area is 214 Å². The maximum absolute atomic E-state index is 12.6. The number of rotatable bonds is 5. The van der Waals surface area contributed by atoms with Gasteiger partial charge in [0.05, 0.1) is 17.5 Å². The summed E-state index contributed by atoms with van der Waals surface area (Å²) in [5, 5.41) is 9.26. The predicted octanol–water partition coefficient (Wildman–Crippen LogP) is 5.12. The van der Waals surface area contributed by atoms with Crippen molar-refractivity contribution in [3.8, 4) is 11.4 Å². The second-order valence-corrected chi connectivity index (χ2v) is 10.4. The molecule has 0 bridgehead atoms. The first-order valence-corrected chi connectivity index (χ1v) is 12.3. The summed E-state index contributed by atoms with van der Waals surface area (Å²) in [4.78, 5) is 34.0. The number of piperidine rings is 1. The van der Waals surface area contributed by atoms with Crippen LogP contribution in [0.5, 0.6) is 0 Å². The van der Waals surface area contributed by atoms with E-state index in [0.717, 1.165) is 11.3 Å². The zero-order valence-electron chi connectivity index (χ0n) is 21.2. The standard InChI is InChI=1S/C25H31ClN6O4/c1-7-18(26)14(2)15(3)23-29-21(30-36-23)17-13-27-32-19(12-20(33)28-22(17)32)16-8-10-31(11-9-16)24(34)35-25(4,5)6/h12-13,16H,3,7-11H2,1-2,4-6H3,(H,28,33)/b18-14+. The summed E-state index contributed by atoms with van der Waals surface area (Å²) in [5.74, 6) is 0.585. The topological polar surface area (TPSA) is 119 Å². The minimum absolute atomic E-state index is 0.0471. The Morgan fingerprint density at radius 1 is 1.33 bits per heavy atom. The van der Waals surface area contributed by atoms with Gasteiger partial charge in [-0.2, -0.15) is 10.1 Å². The molecule has 4 rings (SSSR count). The summed E-state index contributed by atoms with van der Waals surface area (Å²) in [5.41, 5.74) is 2.30. The van der Waals surface area contributed by atoms with E-state index in [1.165, 1.54) is 0 Å². The summed E-state index contributed by atoms with van der Waals surface area (Å²) in [6, 6.07) is 1.56. The molecule has 0 saturated carbocycles. The third-order valence-corrected chi connectivity index (χ3v) is 6.75. The molecule has 0 aliphatic carbocycles. The van der Waals surface area contributed by atoms with E-state index in [4.69, 9.17) is 20.9 Å². The van der Waals surface area contributed by atoms with Crippen LogP contribution in [0.1, 0.15) is 71.4 Å². The zero-order valence-corrected chi connectivity index (χ0v) is 22.0. The maximum atomic E-state index is 12.6. The number of fused-ring (bicyclic) bond motifs is 1. The molecule has 1 aliphatic heterocycles. The van der Waals surface area contributed by atoms with Gasteiger partial charge in [-0.1, -0.05) is 30.3 Å². The molecular formula is C25H31ClN6O4. The number of amides is 1. The van der Waals surface area contributed by atoms with E-state index in [0.29, 0.717) is 54.2 Å². The van der Waals surface area contributed by atoms with Crippen LogP contribution in [0.3, 0.4) is 0 Å². The van der Waals surface area contributed by atoms with Crippen LogP contribution in [-0.4, -0.2) is 54.4 Å². The first-order chi connectivity index (χ1) is 17.0. The molecule has 1 saturated heterocycles. The van der Waals surface area contributed by atoms with Crippen molar-refractivity contribution in [3.63, 3.8) is 0 Å². The first-order valence-electron chi connectivity index (χ1n) is 12.0. The molecule has 192 valence electrons. The van der Waals surface area contributed by atoms with Crippen LogP contribution < -0.4 is 5.56 Å². The average Bonchev–Trinajstić information content (AvgIpc) is 3.48. The van der Waals surface area contributed by atoms with E-state index in [-0.39, 0.29) is 29.3 Å². The van der Waals surface area contributed by atoms with Gasteiger partial charge in [0, 0.05) is 35.7 Å². The molecule has 1 N–H and O–H groups in total. The van der Waals surface area contributed by atoms with Gasteiger partial charge in [0.2, 0.25) is 5.82 Å². The first kappa shape index (κ1) is 25.7. The third-order valence-electron chi connectivity index (χ3n) is 6.19. The van der Waals surface area contributed by atoms with E-state index >= 15 is 0 Å². The minimum atomic E-state index is -0.545. The molecule has 4 heterocycles. The summed E-state index contributed by atoms with van der Waals surface area (Å²) in [6.45, 7) is 14.4. The van der Waals surface area contributed by atoms with Gasteiger partial charge >= 0.3 is 6.09 Å². The second-order valence-electron chi connectivity index (χ2n) is 9.90. The van der Waals surface area contributed by atoms with Crippen LogP contribution in [0.2, 0.25) is 0 Å². The van der Waals surface area contributed by atoms with E-state index in [1.807, 2.05) is 34.6 Å². The normalized spacial score (nSPS) is 15.8. The van der Waals surface area contributed by atoms with Crippen LogP contribution >= 0.6 is 11.6 Å². The summed E-state index contributed by atoms with van der Waals surface area (Å²) < 4.78 is 12.6. The van der Waals surface area contributed by atoms with Crippen molar-refractivity contribution in [1.82, 2.24) is 29.6 Å². The lowest BCUT2D eigenvalue weighted by Gasteiger charge is -2.33. The number of hydrogen-bond acceptors (Lipinski definition) is 7. The van der Waals surface area contributed by atoms with Crippen molar-refractivity contribution in [2.45, 2.75) is 65.4 Å². The van der Waals surface area contributed by atoms with Crippen molar-refractivity contribution in [2.24, 2.45) is 0 Å². The highest BCUT2D eigenvalue weighted by Gasteiger charge is 2.29. The number of aromatic amines is 1. The number of allylic oxidation sites excluding steroid dienone is 3. The maximum Gasteiger partial charge on any atom is 0.410 e. The number of carbonyl (C=O) groups is 1. The minimum Gasteiger partial charge on any atom is -0.444 e. The number of likely N-dealkylation sites (tertiary alicyclic amines) is 1. The smallest absolute Gasteiger partial charge is 0.410 e.